The Kier molecular flexibility index (Phi) is 3.13. The Morgan fingerprint density at radius 1 is 1.29 bits per heavy atom. The lowest BCUT2D eigenvalue weighted by molar-refractivity contribution is -0.119. The largest absolute Gasteiger partial charge is 0.465 e. The molecule has 4 heteroatoms. The van der Waals surface area contributed by atoms with Crippen molar-refractivity contribution < 1.29 is 14.3 Å². The van der Waals surface area contributed by atoms with E-state index in [1.807, 2.05) is 0 Å². The predicted octanol–water partition coefficient (Wildman–Crippen LogP) is 1.85. The molecule has 0 aliphatic heterocycles. The van der Waals surface area contributed by atoms with Crippen LogP contribution in [-0.4, -0.2) is 26.0 Å². The van der Waals surface area contributed by atoms with Crippen LogP contribution in [-0.2, 0) is 9.53 Å². The molecule has 1 amide bonds. The van der Waals surface area contributed by atoms with Crippen LogP contribution >= 0.6 is 0 Å². The molecule has 0 spiro atoms. The van der Waals surface area contributed by atoms with Gasteiger partial charge in [-0.3, -0.25) is 4.79 Å². The molecule has 0 radical (unpaired) electrons. The van der Waals surface area contributed by atoms with E-state index in [-0.39, 0.29) is 11.8 Å². The smallest absolute Gasteiger partial charge is 0.339 e. The molecule has 2 rings (SSSR count). The molecule has 1 aliphatic carbocycles. The van der Waals surface area contributed by atoms with Crippen LogP contribution in [0.15, 0.2) is 24.3 Å². The number of ether oxygens (including phenoxy) is 1. The van der Waals surface area contributed by atoms with Gasteiger partial charge in [0.1, 0.15) is 0 Å². The molecule has 0 bridgehead atoms. The molecule has 17 heavy (non-hydrogen) atoms. The number of hydrogen-bond donors (Lipinski definition) is 0. The second-order valence-electron chi connectivity index (χ2n) is 4.18. The summed E-state index contributed by atoms with van der Waals surface area (Å²) < 4.78 is 4.71. The number of methoxy groups -OCH3 is 1. The normalized spacial score (nSPS) is 14.2. The van der Waals surface area contributed by atoms with Crippen molar-refractivity contribution >= 4 is 17.6 Å². The molecule has 0 N–H and O–H groups in total. The monoisotopic (exact) mass is 233 g/mol. The summed E-state index contributed by atoms with van der Waals surface area (Å²) in [6, 6.07) is 6.98. The van der Waals surface area contributed by atoms with Crippen LogP contribution in [0.3, 0.4) is 0 Å². The van der Waals surface area contributed by atoms with Gasteiger partial charge in [0.05, 0.1) is 18.4 Å². The number of esters is 1. The zero-order valence-corrected chi connectivity index (χ0v) is 9.97. The number of carbonyl (C=O) groups excluding carboxylic acids is 2. The van der Waals surface area contributed by atoms with E-state index in [2.05, 4.69) is 0 Å². The molecule has 0 heterocycles. The highest BCUT2D eigenvalue weighted by molar-refractivity contribution is 6.03. The van der Waals surface area contributed by atoms with Crippen LogP contribution in [0.25, 0.3) is 0 Å². The maximum absolute atomic E-state index is 11.9. The first kappa shape index (κ1) is 11.6. The van der Waals surface area contributed by atoms with E-state index in [1.54, 1.807) is 36.2 Å². The van der Waals surface area contributed by atoms with Gasteiger partial charge in [-0.1, -0.05) is 12.1 Å². The molecule has 4 nitrogen and oxygen atoms in total. The highest BCUT2D eigenvalue weighted by Gasteiger charge is 2.33. The van der Waals surface area contributed by atoms with E-state index in [0.29, 0.717) is 11.3 Å². The van der Waals surface area contributed by atoms with Gasteiger partial charge < -0.3 is 9.64 Å². The molecular weight excluding hydrogens is 218 g/mol. The van der Waals surface area contributed by atoms with Crippen molar-refractivity contribution in [1.29, 1.82) is 0 Å². The van der Waals surface area contributed by atoms with Crippen LogP contribution in [0.5, 0.6) is 0 Å². The lowest BCUT2D eigenvalue weighted by Gasteiger charge is -2.19. The molecule has 1 fully saturated rings. The summed E-state index contributed by atoms with van der Waals surface area (Å²) in [6.07, 6.45) is 1.90. The molecule has 0 unspecified atom stereocenters. The fraction of sp³-hybridized carbons (Fsp3) is 0.385. The van der Waals surface area contributed by atoms with E-state index >= 15 is 0 Å². The fourth-order valence-corrected chi connectivity index (χ4v) is 1.77. The van der Waals surface area contributed by atoms with Gasteiger partial charge >= 0.3 is 5.97 Å². The Hall–Kier alpha value is -1.84. The third kappa shape index (κ3) is 2.30. The summed E-state index contributed by atoms with van der Waals surface area (Å²) in [5, 5.41) is 0. The van der Waals surface area contributed by atoms with Crippen molar-refractivity contribution in [2.45, 2.75) is 12.8 Å². The number of nitrogens with zero attached hydrogens (tertiary/aromatic N) is 1. The minimum absolute atomic E-state index is 0.0707. The number of anilines is 1. The molecule has 1 aliphatic rings. The van der Waals surface area contributed by atoms with Gasteiger partial charge in [0, 0.05) is 13.0 Å². The summed E-state index contributed by atoms with van der Waals surface area (Å²) >= 11 is 0. The molecule has 1 saturated carbocycles. The van der Waals surface area contributed by atoms with E-state index in [0.717, 1.165) is 12.8 Å². The predicted molar refractivity (Wildman–Crippen MR) is 63.9 cm³/mol. The Labute approximate surface area is 100 Å². The summed E-state index contributed by atoms with van der Waals surface area (Å²) in [5.74, 6) is -0.219. The van der Waals surface area contributed by atoms with Gasteiger partial charge in [0.25, 0.3) is 0 Å². The van der Waals surface area contributed by atoms with Crippen molar-refractivity contribution in [3.63, 3.8) is 0 Å². The quantitative estimate of drug-likeness (QED) is 0.748. The van der Waals surface area contributed by atoms with Crippen molar-refractivity contribution in [2.75, 3.05) is 19.1 Å². The second kappa shape index (κ2) is 4.57. The van der Waals surface area contributed by atoms with Crippen LogP contribution in [0.1, 0.15) is 23.2 Å². The topological polar surface area (TPSA) is 46.6 Å². The molecule has 90 valence electrons. The Morgan fingerprint density at radius 3 is 2.53 bits per heavy atom. The number of rotatable bonds is 3. The minimum atomic E-state index is -0.420. The maximum Gasteiger partial charge on any atom is 0.339 e. The number of para-hydroxylation sites is 1. The minimum Gasteiger partial charge on any atom is -0.465 e. The van der Waals surface area contributed by atoms with E-state index in [9.17, 15) is 9.59 Å². The summed E-state index contributed by atoms with van der Waals surface area (Å²) in [5.41, 5.74) is 1.03. The van der Waals surface area contributed by atoms with E-state index in [1.165, 1.54) is 7.11 Å². The van der Waals surface area contributed by atoms with Crippen LogP contribution in [0.4, 0.5) is 5.69 Å². The van der Waals surface area contributed by atoms with Gasteiger partial charge in [0.15, 0.2) is 0 Å². The standard InChI is InChI=1S/C13H15NO3/c1-14(12(15)9-7-8-9)11-6-4-3-5-10(11)13(16)17-2/h3-6,9H,7-8H2,1-2H3. The third-order valence-corrected chi connectivity index (χ3v) is 2.93. The summed E-state index contributed by atoms with van der Waals surface area (Å²) in [7, 11) is 3.03. The lowest BCUT2D eigenvalue weighted by Crippen LogP contribution is -2.29. The third-order valence-electron chi connectivity index (χ3n) is 2.93. The van der Waals surface area contributed by atoms with Crippen molar-refractivity contribution in [3.05, 3.63) is 29.8 Å². The number of amides is 1. The van der Waals surface area contributed by atoms with Crippen molar-refractivity contribution in [1.82, 2.24) is 0 Å². The summed E-state index contributed by atoms with van der Waals surface area (Å²) in [6.45, 7) is 0. The van der Waals surface area contributed by atoms with E-state index < -0.39 is 5.97 Å². The molecular formula is C13H15NO3. The molecule has 0 atom stereocenters. The van der Waals surface area contributed by atoms with Crippen molar-refractivity contribution in [2.24, 2.45) is 5.92 Å². The highest BCUT2D eigenvalue weighted by Crippen LogP contribution is 2.33. The van der Waals surface area contributed by atoms with Crippen LogP contribution < -0.4 is 4.90 Å². The SMILES string of the molecule is COC(=O)c1ccccc1N(C)C(=O)C1CC1. The summed E-state index contributed by atoms with van der Waals surface area (Å²) in [4.78, 5) is 25.1. The highest BCUT2D eigenvalue weighted by atomic mass is 16.5. The van der Waals surface area contributed by atoms with Crippen LogP contribution in [0.2, 0.25) is 0 Å². The molecule has 0 saturated heterocycles. The first-order valence-corrected chi connectivity index (χ1v) is 5.60. The van der Waals surface area contributed by atoms with Crippen LogP contribution in [0, 0.1) is 5.92 Å². The Morgan fingerprint density at radius 2 is 1.94 bits per heavy atom. The average Bonchev–Trinajstić information content (AvgIpc) is 3.20. The maximum atomic E-state index is 11.9. The van der Waals surface area contributed by atoms with Gasteiger partial charge in [-0.25, -0.2) is 4.79 Å². The second-order valence-corrected chi connectivity index (χ2v) is 4.18. The number of benzene rings is 1. The average molecular weight is 233 g/mol. The fourth-order valence-electron chi connectivity index (χ4n) is 1.77. The van der Waals surface area contributed by atoms with Gasteiger partial charge in [0.2, 0.25) is 5.91 Å². The zero-order chi connectivity index (χ0) is 12.4. The Bertz CT molecular complexity index is 452. The van der Waals surface area contributed by atoms with E-state index in [4.69, 9.17) is 4.74 Å². The number of hydrogen-bond acceptors (Lipinski definition) is 3. The van der Waals surface area contributed by atoms with Gasteiger partial charge in [-0.05, 0) is 25.0 Å². The lowest BCUT2D eigenvalue weighted by atomic mass is 10.1. The molecule has 1 aromatic rings. The Balaban J connectivity index is 2.30. The molecule has 1 aromatic carbocycles. The first-order valence-electron chi connectivity index (χ1n) is 5.60. The first-order chi connectivity index (χ1) is 8.15. The number of carbonyl (C=O) groups is 2. The van der Waals surface area contributed by atoms with Gasteiger partial charge in [-0.2, -0.15) is 0 Å². The molecule has 0 aromatic heterocycles. The van der Waals surface area contributed by atoms with Gasteiger partial charge in [-0.15, -0.1) is 0 Å². The van der Waals surface area contributed by atoms with Crippen molar-refractivity contribution in [3.8, 4) is 0 Å². The zero-order valence-electron chi connectivity index (χ0n) is 9.97.